The van der Waals surface area contributed by atoms with E-state index in [0.717, 1.165) is 19.4 Å². The molecule has 0 spiro atoms. The summed E-state index contributed by atoms with van der Waals surface area (Å²) < 4.78 is 0. The van der Waals surface area contributed by atoms with Crippen LogP contribution in [0, 0.1) is 0 Å². The molecule has 0 saturated carbocycles. The molecule has 1 heterocycles. The third kappa shape index (κ3) is 4.64. The third-order valence-electron chi connectivity index (χ3n) is 3.06. The smallest absolute Gasteiger partial charge is 0.222 e. The molecule has 1 aliphatic rings. The first-order valence-corrected chi connectivity index (χ1v) is 6.04. The molecule has 82 valence electrons. The molecule has 0 unspecified atom stereocenters. The zero-order chi connectivity index (χ0) is 10.2. The minimum absolute atomic E-state index is 0.338. The van der Waals surface area contributed by atoms with Crippen molar-refractivity contribution in [2.45, 2.75) is 57.8 Å². The monoisotopic (exact) mass is 197 g/mol. The minimum atomic E-state index is 0.338. The second kappa shape index (κ2) is 6.86. The predicted molar refractivity (Wildman–Crippen MR) is 59.2 cm³/mol. The van der Waals surface area contributed by atoms with E-state index in [4.69, 9.17) is 0 Å². The van der Waals surface area contributed by atoms with E-state index >= 15 is 0 Å². The van der Waals surface area contributed by atoms with Crippen molar-refractivity contribution < 1.29 is 4.79 Å². The Hall–Kier alpha value is -0.530. The first kappa shape index (κ1) is 11.5. The first-order chi connectivity index (χ1) is 6.80. The Labute approximate surface area is 87.7 Å². The van der Waals surface area contributed by atoms with Crippen molar-refractivity contribution in [1.82, 2.24) is 4.90 Å². The van der Waals surface area contributed by atoms with E-state index in [2.05, 4.69) is 0 Å². The van der Waals surface area contributed by atoms with E-state index < -0.39 is 0 Å². The van der Waals surface area contributed by atoms with Gasteiger partial charge in [0.1, 0.15) is 0 Å². The largest absolute Gasteiger partial charge is 0.346 e. The summed E-state index contributed by atoms with van der Waals surface area (Å²) in [5, 5.41) is 0. The van der Waals surface area contributed by atoms with Crippen LogP contribution in [0.3, 0.4) is 0 Å². The van der Waals surface area contributed by atoms with Gasteiger partial charge in [0.05, 0.1) is 0 Å². The van der Waals surface area contributed by atoms with Gasteiger partial charge in [0.2, 0.25) is 5.91 Å². The maximum atomic E-state index is 11.6. The highest BCUT2D eigenvalue weighted by molar-refractivity contribution is 5.75. The number of hydrogen-bond donors (Lipinski definition) is 0. The minimum Gasteiger partial charge on any atom is -0.346 e. The Morgan fingerprint density at radius 1 is 0.857 bits per heavy atom. The van der Waals surface area contributed by atoms with Crippen molar-refractivity contribution in [3.63, 3.8) is 0 Å². The van der Waals surface area contributed by atoms with Gasteiger partial charge in [-0.3, -0.25) is 4.79 Å². The Bertz CT molecular complexity index is 168. The molecule has 1 rings (SSSR count). The van der Waals surface area contributed by atoms with Crippen LogP contribution >= 0.6 is 0 Å². The molecular weight excluding hydrogens is 174 g/mol. The fourth-order valence-electron chi connectivity index (χ4n) is 2.00. The molecule has 2 heteroatoms. The second-order valence-corrected chi connectivity index (χ2v) is 4.39. The van der Waals surface area contributed by atoms with Crippen LogP contribution in [0.4, 0.5) is 0 Å². The van der Waals surface area contributed by atoms with Crippen LogP contribution in [0.15, 0.2) is 0 Å². The van der Waals surface area contributed by atoms with Gasteiger partial charge in [-0.1, -0.05) is 38.5 Å². The highest BCUT2D eigenvalue weighted by Crippen LogP contribution is 2.12. The van der Waals surface area contributed by atoms with Crippen LogP contribution < -0.4 is 0 Å². The van der Waals surface area contributed by atoms with Crippen molar-refractivity contribution >= 4 is 5.91 Å². The van der Waals surface area contributed by atoms with Gasteiger partial charge in [-0.15, -0.1) is 0 Å². The molecule has 0 aromatic heterocycles. The maximum Gasteiger partial charge on any atom is 0.222 e. The summed E-state index contributed by atoms with van der Waals surface area (Å²) >= 11 is 0. The van der Waals surface area contributed by atoms with Crippen LogP contribution in [0.2, 0.25) is 0 Å². The van der Waals surface area contributed by atoms with Crippen LogP contribution in [0.5, 0.6) is 0 Å². The van der Waals surface area contributed by atoms with Gasteiger partial charge in [0.15, 0.2) is 0 Å². The molecule has 0 aromatic carbocycles. The Balaban J connectivity index is 2.27. The van der Waals surface area contributed by atoms with Crippen LogP contribution in [-0.4, -0.2) is 24.4 Å². The lowest BCUT2D eigenvalue weighted by Gasteiger charge is -2.17. The van der Waals surface area contributed by atoms with Gasteiger partial charge < -0.3 is 4.90 Å². The van der Waals surface area contributed by atoms with Crippen LogP contribution in [-0.2, 0) is 4.79 Å². The number of hydrogen-bond acceptors (Lipinski definition) is 1. The normalized spacial score (nSPS) is 22.6. The molecule has 2 nitrogen and oxygen atoms in total. The number of amides is 1. The van der Waals surface area contributed by atoms with Gasteiger partial charge in [0, 0.05) is 20.0 Å². The quantitative estimate of drug-likeness (QED) is 0.584. The molecule has 0 atom stereocenters. The SMILES string of the molecule is CN1CCCCCCCCCCC1=O. The number of nitrogens with zero attached hydrogens (tertiary/aromatic N) is 1. The third-order valence-corrected chi connectivity index (χ3v) is 3.06. The molecule has 14 heavy (non-hydrogen) atoms. The summed E-state index contributed by atoms with van der Waals surface area (Å²) in [7, 11) is 1.94. The summed E-state index contributed by atoms with van der Waals surface area (Å²) in [4.78, 5) is 13.5. The molecule has 0 radical (unpaired) electrons. The lowest BCUT2D eigenvalue weighted by molar-refractivity contribution is -0.130. The zero-order valence-corrected chi connectivity index (χ0v) is 9.43. The molecule has 0 aliphatic carbocycles. The zero-order valence-electron chi connectivity index (χ0n) is 9.43. The van der Waals surface area contributed by atoms with Crippen molar-refractivity contribution in [3.05, 3.63) is 0 Å². The van der Waals surface area contributed by atoms with Crippen molar-refractivity contribution in [1.29, 1.82) is 0 Å². The predicted octanol–water partition coefficient (Wildman–Crippen LogP) is 2.97. The standard InChI is InChI=1S/C12H23NO/c1-13-11-9-7-5-3-2-4-6-8-10-12(13)14/h2-11H2,1H3. The molecule has 1 amide bonds. The van der Waals surface area contributed by atoms with Crippen LogP contribution in [0.1, 0.15) is 57.8 Å². The summed E-state index contributed by atoms with van der Waals surface area (Å²) in [6.45, 7) is 0.957. The summed E-state index contributed by atoms with van der Waals surface area (Å²) in [6.07, 6.45) is 11.0. The van der Waals surface area contributed by atoms with E-state index in [1.165, 1.54) is 44.9 Å². The average Bonchev–Trinajstić information content (AvgIpc) is 2.18. The fourth-order valence-corrected chi connectivity index (χ4v) is 2.00. The molecule has 1 saturated heterocycles. The maximum absolute atomic E-state index is 11.6. The summed E-state index contributed by atoms with van der Waals surface area (Å²) in [5.74, 6) is 0.338. The highest BCUT2D eigenvalue weighted by atomic mass is 16.2. The summed E-state index contributed by atoms with van der Waals surface area (Å²) in [5.41, 5.74) is 0. The van der Waals surface area contributed by atoms with Crippen molar-refractivity contribution in [3.8, 4) is 0 Å². The first-order valence-electron chi connectivity index (χ1n) is 6.04. The highest BCUT2D eigenvalue weighted by Gasteiger charge is 2.08. The average molecular weight is 197 g/mol. The van der Waals surface area contributed by atoms with E-state index in [0.29, 0.717) is 5.91 Å². The number of carbonyl (C=O) groups excluding carboxylic acids is 1. The van der Waals surface area contributed by atoms with Crippen LogP contribution in [0.25, 0.3) is 0 Å². The van der Waals surface area contributed by atoms with E-state index in [1.54, 1.807) is 0 Å². The Morgan fingerprint density at radius 2 is 1.36 bits per heavy atom. The van der Waals surface area contributed by atoms with Gasteiger partial charge in [-0.05, 0) is 12.8 Å². The number of rotatable bonds is 0. The molecule has 1 aliphatic heterocycles. The second-order valence-electron chi connectivity index (χ2n) is 4.39. The van der Waals surface area contributed by atoms with Gasteiger partial charge >= 0.3 is 0 Å². The van der Waals surface area contributed by atoms with Gasteiger partial charge in [0.25, 0.3) is 0 Å². The van der Waals surface area contributed by atoms with E-state index in [-0.39, 0.29) is 0 Å². The van der Waals surface area contributed by atoms with Gasteiger partial charge in [-0.25, -0.2) is 0 Å². The molecule has 0 bridgehead atoms. The topological polar surface area (TPSA) is 20.3 Å². The molecular formula is C12H23NO. The van der Waals surface area contributed by atoms with E-state index in [1.807, 2.05) is 11.9 Å². The molecule has 0 aromatic rings. The number of carbonyl (C=O) groups is 1. The van der Waals surface area contributed by atoms with E-state index in [9.17, 15) is 4.79 Å². The molecule has 1 fully saturated rings. The summed E-state index contributed by atoms with van der Waals surface area (Å²) in [6, 6.07) is 0. The van der Waals surface area contributed by atoms with Crippen molar-refractivity contribution in [2.75, 3.05) is 13.6 Å². The lowest BCUT2D eigenvalue weighted by atomic mass is 10.1. The fraction of sp³-hybridized carbons (Fsp3) is 0.917. The van der Waals surface area contributed by atoms with Gasteiger partial charge in [-0.2, -0.15) is 0 Å². The van der Waals surface area contributed by atoms with Crippen molar-refractivity contribution in [2.24, 2.45) is 0 Å². The lowest BCUT2D eigenvalue weighted by Crippen LogP contribution is -2.27. The Kier molecular flexibility index (Phi) is 5.65. The molecule has 0 N–H and O–H groups in total. The Morgan fingerprint density at radius 3 is 2.00 bits per heavy atom.